The van der Waals surface area contributed by atoms with Gasteiger partial charge in [0.2, 0.25) is 0 Å². The van der Waals surface area contributed by atoms with Crippen LogP contribution in [0.2, 0.25) is 0 Å². The summed E-state index contributed by atoms with van der Waals surface area (Å²) in [5.41, 5.74) is 5.86. The molecule has 0 aliphatic carbocycles. The summed E-state index contributed by atoms with van der Waals surface area (Å²) >= 11 is 0.720. The summed E-state index contributed by atoms with van der Waals surface area (Å²) in [6.45, 7) is -0.320. The number of aliphatic hydroxyl groups excluding tert-OH is 1. The minimum Gasteiger partial charge on any atom is -0.464 e. The molecule has 4 heterocycles. The van der Waals surface area contributed by atoms with Crippen LogP contribution in [0, 0.1) is 6.08 Å². The van der Waals surface area contributed by atoms with Gasteiger partial charge in [0.15, 0.2) is 23.2 Å². The maximum absolute atomic E-state index is 13.6. The topological polar surface area (TPSA) is 173 Å². The van der Waals surface area contributed by atoms with Gasteiger partial charge in [0.05, 0.1) is 12.9 Å². The maximum atomic E-state index is 13.6. The van der Waals surface area contributed by atoms with Gasteiger partial charge in [-0.3, -0.25) is 18.4 Å². The van der Waals surface area contributed by atoms with Gasteiger partial charge in [-0.2, -0.15) is 14.4 Å². The summed E-state index contributed by atoms with van der Waals surface area (Å²) in [6.07, 6.45) is -3.56. The molecule has 6 atom stereocenters. The van der Waals surface area contributed by atoms with Gasteiger partial charge in [-0.1, -0.05) is 6.92 Å². The fraction of sp³-hybridized carbons (Fsp3) is 0.625. The van der Waals surface area contributed by atoms with E-state index in [-0.39, 0.29) is 48.6 Å². The number of hydrogen-bond acceptors (Lipinski definition) is 13. The lowest BCUT2D eigenvalue weighted by Crippen LogP contribution is -2.39. The predicted molar refractivity (Wildman–Crippen MR) is 109 cm³/mol. The van der Waals surface area contributed by atoms with Crippen LogP contribution < -0.4 is 10.5 Å². The number of nitrogens with two attached hydrogens (primary N) is 1. The summed E-state index contributed by atoms with van der Waals surface area (Å²) in [7, 11) is 0. The second kappa shape index (κ2) is 9.17. The minimum absolute atomic E-state index is 0.0355. The lowest BCUT2D eigenvalue weighted by atomic mass is 10.1. The molecule has 13 nitrogen and oxygen atoms in total. The first kappa shape index (κ1) is 23.3. The lowest BCUT2D eigenvalue weighted by molar-refractivity contribution is -0.143. The standard InChI is InChI=1S/C16H22FN6O7PS/c1-3-9(24)27-4-7(2)22-32-31(26)28-5-8-12(30-31)11(25)15(29-8)23-6-19-10-13(18)20-16(17)21-14(10)23/h6-8,11-12,15,22,25H,3-5H2,1-2H3,(H2,18,20,21)/t7-,8+,11-,12+,15+,31?/m0/s1. The van der Waals surface area contributed by atoms with Crippen LogP contribution in [0.25, 0.3) is 11.2 Å². The molecule has 0 radical (unpaired) electrons. The quantitative estimate of drug-likeness (QED) is 0.216. The molecule has 2 fully saturated rings. The van der Waals surface area contributed by atoms with Crippen LogP contribution in [0.5, 0.6) is 0 Å². The van der Waals surface area contributed by atoms with Crippen molar-refractivity contribution >= 4 is 41.3 Å². The Morgan fingerprint density at radius 2 is 2.34 bits per heavy atom. The number of aromatic nitrogens is 4. The highest BCUT2D eigenvalue weighted by atomic mass is 32.7. The SMILES string of the molecule is CCC(=O)OC[C@H](C)NSP1(=O)OC[C@H]2O[C@@H](n3cnc4c(N)nc(F)nc43)[C@@H](O)[C@@H]2O1. The number of ether oxygens (including phenoxy) is 2. The Bertz CT molecular complexity index is 1060. The van der Waals surface area contributed by atoms with Crippen molar-refractivity contribution in [2.24, 2.45) is 0 Å². The van der Waals surface area contributed by atoms with Crippen LogP contribution in [0.1, 0.15) is 26.5 Å². The third-order valence-corrected chi connectivity index (χ3v) is 8.06. The number of carbonyl (C=O) groups excluding carboxylic acids is 1. The van der Waals surface area contributed by atoms with Crippen molar-refractivity contribution in [1.82, 2.24) is 24.2 Å². The van der Waals surface area contributed by atoms with Crippen LogP contribution >= 0.6 is 18.4 Å². The van der Waals surface area contributed by atoms with Gasteiger partial charge < -0.3 is 20.3 Å². The molecule has 0 saturated carbocycles. The number of aliphatic hydroxyl groups is 1. The zero-order valence-electron chi connectivity index (χ0n) is 17.1. The smallest absolute Gasteiger partial charge is 0.404 e. The summed E-state index contributed by atoms with van der Waals surface area (Å²) in [5, 5.41) is 10.8. The van der Waals surface area contributed by atoms with E-state index in [1.54, 1.807) is 13.8 Å². The third kappa shape index (κ3) is 4.59. The number of imidazole rings is 1. The Hall–Kier alpha value is -1.87. The lowest BCUT2D eigenvalue weighted by Gasteiger charge is -2.31. The van der Waals surface area contributed by atoms with E-state index < -0.39 is 37.4 Å². The second-order valence-electron chi connectivity index (χ2n) is 7.22. The monoisotopic (exact) mass is 492 g/mol. The number of carbonyl (C=O) groups is 1. The maximum Gasteiger partial charge on any atom is 0.404 e. The highest BCUT2D eigenvalue weighted by Gasteiger charge is 2.53. The number of fused-ring (bicyclic) bond motifs is 2. The van der Waals surface area contributed by atoms with Crippen molar-refractivity contribution in [3.63, 3.8) is 0 Å². The summed E-state index contributed by atoms with van der Waals surface area (Å²) in [4.78, 5) is 22.4. The van der Waals surface area contributed by atoms with E-state index in [4.69, 9.17) is 24.3 Å². The highest BCUT2D eigenvalue weighted by molar-refractivity contribution is 8.54. The Morgan fingerprint density at radius 3 is 3.09 bits per heavy atom. The first-order chi connectivity index (χ1) is 15.2. The van der Waals surface area contributed by atoms with Crippen LogP contribution in [-0.2, 0) is 27.9 Å². The number of halogens is 1. The molecular weight excluding hydrogens is 470 g/mol. The van der Waals surface area contributed by atoms with Crippen molar-refractivity contribution in [1.29, 1.82) is 0 Å². The molecule has 4 rings (SSSR count). The average molecular weight is 492 g/mol. The van der Waals surface area contributed by atoms with Crippen molar-refractivity contribution in [3.05, 3.63) is 12.4 Å². The summed E-state index contributed by atoms with van der Waals surface area (Å²) in [6, 6.07) is -0.332. The van der Waals surface area contributed by atoms with Crippen molar-refractivity contribution in [2.45, 2.75) is 50.8 Å². The van der Waals surface area contributed by atoms with E-state index in [9.17, 15) is 18.9 Å². The number of anilines is 1. The Balaban J connectivity index is 1.43. The van der Waals surface area contributed by atoms with E-state index in [0.717, 1.165) is 11.6 Å². The van der Waals surface area contributed by atoms with Crippen molar-refractivity contribution in [3.8, 4) is 0 Å². The molecule has 0 aromatic carbocycles. The van der Waals surface area contributed by atoms with Gasteiger partial charge in [-0.15, -0.1) is 0 Å². The van der Waals surface area contributed by atoms with Crippen LogP contribution in [0.15, 0.2) is 6.33 Å². The summed E-state index contributed by atoms with van der Waals surface area (Å²) < 4.78 is 52.6. The fourth-order valence-electron chi connectivity index (χ4n) is 3.21. The Morgan fingerprint density at radius 1 is 1.56 bits per heavy atom. The van der Waals surface area contributed by atoms with Gasteiger partial charge >= 0.3 is 18.8 Å². The first-order valence-corrected chi connectivity index (χ1v) is 12.7. The predicted octanol–water partition coefficient (Wildman–Crippen LogP) is 0.909. The van der Waals surface area contributed by atoms with E-state index >= 15 is 0 Å². The van der Waals surface area contributed by atoms with Crippen molar-refractivity contribution in [2.75, 3.05) is 18.9 Å². The van der Waals surface area contributed by atoms with Gasteiger partial charge in [0.25, 0.3) is 0 Å². The molecule has 176 valence electrons. The first-order valence-electron chi connectivity index (χ1n) is 9.72. The molecule has 1 unspecified atom stereocenters. The van der Waals surface area contributed by atoms with Crippen molar-refractivity contribution < 1.29 is 37.4 Å². The number of nitrogens with zero attached hydrogens (tertiary/aromatic N) is 4. The molecule has 0 amide bonds. The van der Waals surface area contributed by atoms with E-state index in [0.29, 0.717) is 0 Å². The van der Waals surface area contributed by atoms with Crippen LogP contribution in [0.3, 0.4) is 0 Å². The van der Waals surface area contributed by atoms with E-state index in [2.05, 4.69) is 19.7 Å². The molecule has 2 saturated heterocycles. The largest absolute Gasteiger partial charge is 0.464 e. The number of rotatable bonds is 7. The molecule has 2 aliphatic heterocycles. The van der Waals surface area contributed by atoms with Crippen LogP contribution in [0.4, 0.5) is 10.2 Å². The molecule has 2 aliphatic rings. The molecule has 2 aromatic rings. The zero-order valence-corrected chi connectivity index (χ0v) is 18.8. The highest BCUT2D eigenvalue weighted by Crippen LogP contribution is 2.64. The van der Waals surface area contributed by atoms with E-state index in [1.807, 2.05) is 0 Å². The van der Waals surface area contributed by atoms with E-state index in [1.165, 1.54) is 10.9 Å². The zero-order chi connectivity index (χ0) is 23.0. The number of esters is 1. The summed E-state index contributed by atoms with van der Waals surface area (Å²) in [5.74, 6) is -0.499. The van der Waals surface area contributed by atoms with Gasteiger partial charge in [-0.05, 0) is 6.92 Å². The molecular formula is C16H22FN6O7PS. The Kier molecular flexibility index (Phi) is 6.68. The van der Waals surface area contributed by atoms with Gasteiger partial charge in [0, 0.05) is 24.0 Å². The number of hydrogen-bond donors (Lipinski definition) is 3. The fourth-order valence-corrected chi connectivity index (χ4v) is 6.33. The minimum atomic E-state index is -3.70. The molecule has 16 heteroatoms. The molecule has 2 aromatic heterocycles. The Labute approximate surface area is 185 Å². The molecule has 32 heavy (non-hydrogen) atoms. The number of nitrogen functional groups attached to an aromatic ring is 1. The second-order valence-corrected chi connectivity index (χ2v) is 10.9. The normalized spacial score (nSPS) is 30.9. The van der Waals surface area contributed by atoms with Gasteiger partial charge in [-0.25, -0.2) is 14.3 Å². The molecule has 0 bridgehead atoms. The number of nitrogens with one attached hydrogen (secondary N) is 1. The van der Waals surface area contributed by atoms with Gasteiger partial charge in [0.1, 0.15) is 24.9 Å². The average Bonchev–Trinajstić information content (AvgIpc) is 3.31. The molecule has 4 N–H and O–H groups in total. The van der Waals surface area contributed by atoms with Crippen LogP contribution in [-0.4, -0.2) is 68.2 Å². The molecule has 0 spiro atoms. The third-order valence-electron chi connectivity index (χ3n) is 4.80.